The fourth-order valence-electron chi connectivity index (χ4n) is 6.84. The number of hydrogen-bond acceptors (Lipinski definition) is 2. The molecule has 7 rings (SSSR count). The Kier molecular flexibility index (Phi) is 6.52. The Labute approximate surface area is 258 Å². The first-order valence-corrected chi connectivity index (χ1v) is 18.9. The van der Waals surface area contributed by atoms with Crippen molar-refractivity contribution in [2.75, 3.05) is 9.80 Å². The Morgan fingerprint density at radius 2 is 1.16 bits per heavy atom. The summed E-state index contributed by atoms with van der Waals surface area (Å²) in [7, 11) is -1.55. The van der Waals surface area contributed by atoms with Crippen molar-refractivity contribution in [2.24, 2.45) is 0 Å². The van der Waals surface area contributed by atoms with Gasteiger partial charge in [-0.1, -0.05) is 91.1 Å². The summed E-state index contributed by atoms with van der Waals surface area (Å²) in [5, 5.41) is 1.50. The maximum atomic E-state index is 2.54. The molecule has 0 saturated carbocycles. The van der Waals surface area contributed by atoms with Gasteiger partial charge in [0, 0.05) is 34.1 Å². The molecule has 43 heavy (non-hydrogen) atoms. The lowest BCUT2D eigenvalue weighted by atomic mass is 9.33. The van der Waals surface area contributed by atoms with Crippen LogP contribution in [0, 0.1) is 6.92 Å². The zero-order valence-electron chi connectivity index (χ0n) is 26.4. The third kappa shape index (κ3) is 4.47. The third-order valence-electron chi connectivity index (χ3n) is 9.31. The largest absolute Gasteiger partial charge is 0.311 e. The van der Waals surface area contributed by atoms with Gasteiger partial charge in [0.25, 0.3) is 6.71 Å². The van der Waals surface area contributed by atoms with E-state index in [1.165, 1.54) is 78.0 Å². The molecule has 5 aromatic carbocycles. The average molecular weight is 575 g/mol. The summed E-state index contributed by atoms with van der Waals surface area (Å²) in [6.45, 7) is 16.4. The predicted octanol–water partition coefficient (Wildman–Crippen LogP) is 8.44. The van der Waals surface area contributed by atoms with Gasteiger partial charge in [0.2, 0.25) is 0 Å². The Morgan fingerprint density at radius 3 is 1.79 bits per heavy atom. The van der Waals surface area contributed by atoms with E-state index < -0.39 is 8.07 Å². The summed E-state index contributed by atoms with van der Waals surface area (Å²) < 4.78 is 0. The first-order chi connectivity index (χ1) is 20.6. The van der Waals surface area contributed by atoms with Gasteiger partial charge in [-0.05, 0) is 109 Å². The summed E-state index contributed by atoms with van der Waals surface area (Å²) >= 11 is 0. The maximum absolute atomic E-state index is 2.54. The van der Waals surface area contributed by atoms with Gasteiger partial charge in [-0.3, -0.25) is 0 Å². The van der Waals surface area contributed by atoms with Crippen LogP contribution in [-0.4, -0.2) is 14.8 Å². The summed E-state index contributed by atoms with van der Waals surface area (Å²) in [5.74, 6) is 0. The summed E-state index contributed by atoms with van der Waals surface area (Å²) in [5.41, 5.74) is 16.9. The monoisotopic (exact) mass is 574 g/mol. The van der Waals surface area contributed by atoms with E-state index in [9.17, 15) is 0 Å². The van der Waals surface area contributed by atoms with Gasteiger partial charge in [-0.15, -0.1) is 0 Å². The van der Waals surface area contributed by atoms with Crippen LogP contribution in [0.4, 0.5) is 34.1 Å². The molecule has 0 radical (unpaired) electrons. The number of allylic oxidation sites excluding steroid dienone is 2. The Morgan fingerprint density at radius 1 is 0.581 bits per heavy atom. The quantitative estimate of drug-likeness (QED) is 0.195. The summed E-state index contributed by atoms with van der Waals surface area (Å²) in [6, 6.07) is 41.2. The minimum absolute atomic E-state index is 0.163. The highest BCUT2D eigenvalue weighted by molar-refractivity contribution is 7.01. The molecule has 0 saturated heterocycles. The lowest BCUT2D eigenvalue weighted by Crippen LogP contribution is -2.62. The van der Waals surface area contributed by atoms with E-state index in [0.717, 1.165) is 0 Å². The van der Waals surface area contributed by atoms with Crippen LogP contribution in [0.5, 0.6) is 0 Å². The molecule has 2 heterocycles. The number of benzene rings is 5. The molecular weight excluding hydrogens is 535 g/mol. The molecule has 5 aromatic rings. The second-order valence-corrected chi connectivity index (χ2v) is 18.5. The van der Waals surface area contributed by atoms with Crippen molar-refractivity contribution in [3.05, 3.63) is 126 Å². The van der Waals surface area contributed by atoms with Crippen LogP contribution in [0.1, 0.15) is 31.9 Å². The molecule has 0 amide bonds. The Balaban J connectivity index is 1.55. The van der Waals surface area contributed by atoms with Crippen LogP contribution in [0.25, 0.3) is 5.57 Å². The number of fused-ring (bicyclic) bond motifs is 4. The number of rotatable bonds is 4. The van der Waals surface area contributed by atoms with Gasteiger partial charge in [0.1, 0.15) is 0 Å². The van der Waals surface area contributed by atoms with E-state index in [0.29, 0.717) is 0 Å². The van der Waals surface area contributed by atoms with Gasteiger partial charge < -0.3 is 9.80 Å². The molecule has 0 bridgehead atoms. The van der Waals surface area contributed by atoms with E-state index in [4.69, 9.17) is 0 Å². The first-order valence-electron chi connectivity index (χ1n) is 15.4. The van der Waals surface area contributed by atoms with Crippen molar-refractivity contribution in [3.63, 3.8) is 0 Å². The van der Waals surface area contributed by atoms with Gasteiger partial charge in [-0.2, -0.15) is 0 Å². The van der Waals surface area contributed by atoms with E-state index in [2.05, 4.69) is 166 Å². The average Bonchev–Trinajstić information content (AvgIpc) is 3.00. The number of anilines is 6. The predicted molar refractivity (Wildman–Crippen MR) is 192 cm³/mol. The molecule has 0 N–H and O–H groups in total. The molecule has 0 aromatic heterocycles. The highest BCUT2D eigenvalue weighted by Crippen LogP contribution is 2.44. The fourth-order valence-corrected chi connectivity index (χ4v) is 8.01. The molecule has 0 unspecified atom stereocenters. The van der Waals surface area contributed by atoms with Crippen LogP contribution in [0.3, 0.4) is 0 Å². The second-order valence-electron chi connectivity index (χ2n) is 13.4. The first kappa shape index (κ1) is 27.5. The van der Waals surface area contributed by atoms with Crippen LogP contribution in [-0.2, 0) is 0 Å². The van der Waals surface area contributed by atoms with Crippen molar-refractivity contribution in [3.8, 4) is 0 Å². The lowest BCUT2D eigenvalue weighted by molar-refractivity contribution is 1.24. The SMILES string of the molecule is CC(C)=C(C)c1ccc(N2c3ccc([Si](C)(C)C)cc3B3c4ccccc4N(c4ccccc4)c4cc(C)cc2c43)cc1. The molecule has 0 spiro atoms. The second kappa shape index (κ2) is 10.2. The molecule has 4 heteroatoms. The van der Waals surface area contributed by atoms with E-state index in [1.807, 2.05) is 0 Å². The zero-order valence-corrected chi connectivity index (χ0v) is 27.4. The molecule has 0 aliphatic carbocycles. The molecule has 2 aliphatic rings. The molecule has 0 atom stereocenters. The normalized spacial score (nSPS) is 13.3. The molecule has 2 aliphatic heterocycles. The van der Waals surface area contributed by atoms with Crippen molar-refractivity contribution in [1.29, 1.82) is 0 Å². The van der Waals surface area contributed by atoms with E-state index in [-0.39, 0.29) is 6.71 Å². The number of nitrogens with zero attached hydrogens (tertiary/aromatic N) is 2. The van der Waals surface area contributed by atoms with E-state index >= 15 is 0 Å². The van der Waals surface area contributed by atoms with Crippen LogP contribution >= 0.6 is 0 Å². The molecular formula is C39H39BN2Si. The highest BCUT2D eigenvalue weighted by atomic mass is 28.3. The minimum atomic E-state index is -1.55. The standard InChI is InChI=1S/C39H39BN2Si/c1-26(2)28(4)29-17-19-31(20-18-29)42-36-22-21-32(43(5,6)7)25-34(36)40-33-15-11-12-16-35(33)41(30-13-9-8-10-14-30)37-23-27(3)24-38(42)39(37)40/h8-25H,1-7H3. The molecule has 212 valence electrons. The number of para-hydroxylation sites is 2. The highest BCUT2D eigenvalue weighted by Gasteiger charge is 2.43. The van der Waals surface area contributed by atoms with Gasteiger partial charge in [-0.25, -0.2) is 0 Å². The Bertz CT molecular complexity index is 1900. The molecule has 0 fully saturated rings. The van der Waals surface area contributed by atoms with Crippen LogP contribution < -0.4 is 31.4 Å². The van der Waals surface area contributed by atoms with Gasteiger partial charge in [0.15, 0.2) is 0 Å². The topological polar surface area (TPSA) is 6.48 Å². The summed E-state index contributed by atoms with van der Waals surface area (Å²) in [6.07, 6.45) is 0. The van der Waals surface area contributed by atoms with Crippen molar-refractivity contribution in [2.45, 2.75) is 47.3 Å². The van der Waals surface area contributed by atoms with Crippen molar-refractivity contribution in [1.82, 2.24) is 0 Å². The lowest BCUT2D eigenvalue weighted by Gasteiger charge is -2.44. The summed E-state index contributed by atoms with van der Waals surface area (Å²) in [4.78, 5) is 4.99. The number of aryl methyl sites for hydroxylation is 1. The molecule has 2 nitrogen and oxygen atoms in total. The van der Waals surface area contributed by atoms with Crippen molar-refractivity contribution >= 4 is 76.1 Å². The van der Waals surface area contributed by atoms with Crippen LogP contribution in [0.2, 0.25) is 19.6 Å². The minimum Gasteiger partial charge on any atom is -0.311 e. The number of hydrogen-bond donors (Lipinski definition) is 0. The van der Waals surface area contributed by atoms with Crippen LogP contribution in [0.15, 0.2) is 115 Å². The Hall–Kier alpha value is -4.28. The zero-order chi connectivity index (χ0) is 30.0. The third-order valence-corrected chi connectivity index (χ3v) is 11.4. The van der Waals surface area contributed by atoms with Gasteiger partial charge >= 0.3 is 0 Å². The van der Waals surface area contributed by atoms with Crippen molar-refractivity contribution < 1.29 is 0 Å². The van der Waals surface area contributed by atoms with Gasteiger partial charge in [0.05, 0.1) is 8.07 Å². The fraction of sp³-hybridized carbons (Fsp3) is 0.179. The van der Waals surface area contributed by atoms with E-state index in [1.54, 1.807) is 0 Å². The maximum Gasteiger partial charge on any atom is 0.252 e. The smallest absolute Gasteiger partial charge is 0.252 e.